The molecule has 5 nitrogen and oxygen atoms in total. The van der Waals surface area contributed by atoms with Gasteiger partial charge in [-0.3, -0.25) is 4.79 Å². The third-order valence-electron chi connectivity index (χ3n) is 3.57. The zero-order valence-corrected chi connectivity index (χ0v) is 19.2. The van der Waals surface area contributed by atoms with Crippen molar-refractivity contribution in [3.05, 3.63) is 69.2 Å². The number of benzene rings is 2. The summed E-state index contributed by atoms with van der Waals surface area (Å²) in [5, 5.41) is 13.0. The number of nitrogens with one attached hydrogen (secondary N) is 1. The number of nitrogens with zero attached hydrogens (tertiary/aromatic N) is 3. The van der Waals surface area contributed by atoms with Crippen LogP contribution >= 0.6 is 58.1 Å². The van der Waals surface area contributed by atoms with Crippen molar-refractivity contribution in [2.24, 2.45) is 5.10 Å². The highest BCUT2D eigenvalue weighted by atomic mass is 35.5. The van der Waals surface area contributed by atoms with Crippen molar-refractivity contribution in [3.8, 4) is 0 Å². The van der Waals surface area contributed by atoms with E-state index in [0.717, 1.165) is 14.4 Å². The predicted molar refractivity (Wildman–Crippen MR) is 124 cm³/mol. The molecule has 0 fully saturated rings. The average Bonchev–Trinajstić information content (AvgIpc) is 3.17. The highest BCUT2D eigenvalue weighted by molar-refractivity contribution is 8.03. The van der Waals surface area contributed by atoms with Crippen LogP contribution in [0.4, 0.5) is 0 Å². The number of carbonyl (C=O) groups is 1. The lowest BCUT2D eigenvalue weighted by molar-refractivity contribution is -0.118. The maximum atomic E-state index is 11.9. The van der Waals surface area contributed by atoms with Crippen LogP contribution in [0.3, 0.4) is 0 Å². The maximum Gasteiger partial charge on any atom is 0.250 e. The van der Waals surface area contributed by atoms with Crippen molar-refractivity contribution in [2.75, 3.05) is 5.75 Å². The monoisotopic (exact) mass is 482 g/mol. The van der Waals surface area contributed by atoms with E-state index in [0.29, 0.717) is 15.6 Å². The molecule has 1 heterocycles. The third kappa shape index (κ3) is 7.01. The topological polar surface area (TPSA) is 67.2 Å². The van der Waals surface area contributed by atoms with E-state index in [9.17, 15) is 4.79 Å². The fraction of sp³-hybridized carbons (Fsp3) is 0.158. The second-order valence-electron chi connectivity index (χ2n) is 5.83. The van der Waals surface area contributed by atoms with E-state index in [1.807, 2.05) is 0 Å². The van der Waals surface area contributed by atoms with Crippen molar-refractivity contribution in [1.29, 1.82) is 0 Å². The fourth-order valence-corrected chi connectivity index (χ4v) is 5.22. The third-order valence-corrected chi connectivity index (χ3v) is 7.67. The van der Waals surface area contributed by atoms with Crippen LogP contribution in [0.2, 0.25) is 10.0 Å². The predicted octanol–water partition coefficient (Wildman–Crippen LogP) is 5.69. The van der Waals surface area contributed by atoms with Crippen LogP contribution in [-0.2, 0) is 10.5 Å². The molecule has 0 aliphatic rings. The van der Waals surface area contributed by atoms with Gasteiger partial charge in [0.1, 0.15) is 0 Å². The molecule has 0 bridgehead atoms. The molecule has 10 heteroatoms. The molecule has 1 aromatic heterocycles. The Kier molecular flexibility index (Phi) is 8.38. The second-order valence-corrected chi connectivity index (χ2v) is 10.0. The van der Waals surface area contributed by atoms with Crippen LogP contribution in [0.5, 0.6) is 0 Å². The molecular formula is C19H16Cl2N4OS3. The van der Waals surface area contributed by atoms with E-state index in [1.54, 1.807) is 30.0 Å². The lowest BCUT2D eigenvalue weighted by Crippen LogP contribution is -2.19. The first-order valence-electron chi connectivity index (χ1n) is 8.42. The molecule has 1 N–H and O–H groups in total. The van der Waals surface area contributed by atoms with Gasteiger partial charge in [0.15, 0.2) is 8.68 Å². The Bertz CT molecular complexity index is 1010. The average molecular weight is 483 g/mol. The quantitative estimate of drug-likeness (QED) is 0.253. The van der Waals surface area contributed by atoms with E-state index >= 15 is 0 Å². The first-order valence-corrected chi connectivity index (χ1v) is 12.0. The van der Waals surface area contributed by atoms with Crippen molar-refractivity contribution >= 4 is 70.2 Å². The Labute approximate surface area is 191 Å². The molecule has 29 heavy (non-hydrogen) atoms. The smallest absolute Gasteiger partial charge is 0.250 e. The van der Waals surface area contributed by atoms with E-state index < -0.39 is 0 Å². The highest BCUT2D eigenvalue weighted by Gasteiger charge is 2.09. The standard InChI is InChI=1S/C19H16Cl2N4OS3/c1-12-5-7-13(8-6-12)10-27-18-24-25-19(29-18)28-11-16(26)23-22-9-14-3-2-4-15(20)17(14)21/h2-9H,10-11H2,1H3,(H,23,26). The van der Waals surface area contributed by atoms with Crippen LogP contribution in [0, 0.1) is 6.92 Å². The van der Waals surface area contributed by atoms with Gasteiger partial charge in [-0.05, 0) is 18.6 Å². The zero-order valence-electron chi connectivity index (χ0n) is 15.3. The Morgan fingerprint density at radius 3 is 2.62 bits per heavy atom. The normalized spacial score (nSPS) is 11.1. The van der Waals surface area contributed by atoms with Crippen LogP contribution in [-0.4, -0.2) is 28.1 Å². The van der Waals surface area contributed by atoms with Crippen LogP contribution in [0.15, 0.2) is 56.2 Å². The van der Waals surface area contributed by atoms with E-state index in [4.69, 9.17) is 23.2 Å². The molecule has 3 rings (SSSR count). The minimum absolute atomic E-state index is 0.192. The van der Waals surface area contributed by atoms with Crippen LogP contribution in [0.25, 0.3) is 0 Å². The minimum Gasteiger partial charge on any atom is -0.272 e. The summed E-state index contributed by atoms with van der Waals surface area (Å²) in [5.74, 6) is 0.784. The van der Waals surface area contributed by atoms with Gasteiger partial charge in [-0.2, -0.15) is 5.10 Å². The molecule has 0 spiro atoms. The van der Waals surface area contributed by atoms with Gasteiger partial charge in [-0.15, -0.1) is 10.2 Å². The van der Waals surface area contributed by atoms with Crippen LogP contribution < -0.4 is 5.43 Å². The number of rotatable bonds is 8. The van der Waals surface area contributed by atoms with E-state index in [-0.39, 0.29) is 11.7 Å². The van der Waals surface area contributed by atoms with Gasteiger partial charge in [0.2, 0.25) is 0 Å². The summed E-state index contributed by atoms with van der Waals surface area (Å²) in [6.07, 6.45) is 1.46. The van der Waals surface area contributed by atoms with Crippen molar-refractivity contribution < 1.29 is 4.79 Å². The van der Waals surface area contributed by atoms with Gasteiger partial charge in [0.05, 0.1) is 22.0 Å². The number of carbonyl (C=O) groups excluding carboxylic acids is 1. The molecule has 3 aromatic rings. The number of hydrogen-bond acceptors (Lipinski definition) is 7. The first kappa shape index (κ1) is 22.1. The molecule has 0 atom stereocenters. The van der Waals surface area contributed by atoms with Gasteiger partial charge in [-0.1, -0.05) is 100 Å². The number of aryl methyl sites for hydroxylation is 1. The lowest BCUT2D eigenvalue weighted by Gasteiger charge is -2.00. The number of hydrazone groups is 1. The van der Waals surface area contributed by atoms with Gasteiger partial charge < -0.3 is 0 Å². The van der Waals surface area contributed by atoms with E-state index in [2.05, 4.69) is 51.9 Å². The second kappa shape index (κ2) is 11.0. The first-order chi connectivity index (χ1) is 14.0. The Morgan fingerprint density at radius 1 is 1.14 bits per heavy atom. The van der Waals surface area contributed by atoms with E-state index in [1.165, 1.54) is 40.4 Å². The summed E-state index contributed by atoms with van der Waals surface area (Å²) in [6.45, 7) is 2.07. The number of aromatic nitrogens is 2. The molecule has 1 amide bonds. The Morgan fingerprint density at radius 2 is 1.86 bits per heavy atom. The largest absolute Gasteiger partial charge is 0.272 e. The summed E-state index contributed by atoms with van der Waals surface area (Å²) in [4.78, 5) is 11.9. The Balaban J connectivity index is 1.43. The molecule has 0 radical (unpaired) electrons. The number of hydrogen-bond donors (Lipinski definition) is 1. The van der Waals surface area contributed by atoms with Gasteiger partial charge in [0, 0.05) is 11.3 Å². The van der Waals surface area contributed by atoms with Gasteiger partial charge in [-0.25, -0.2) is 5.43 Å². The number of thioether (sulfide) groups is 2. The molecule has 0 aliphatic carbocycles. The zero-order chi connectivity index (χ0) is 20.6. The molecule has 0 aliphatic heterocycles. The summed E-state index contributed by atoms with van der Waals surface area (Å²) >= 11 is 16.4. The van der Waals surface area contributed by atoms with Crippen molar-refractivity contribution in [1.82, 2.24) is 15.6 Å². The fourth-order valence-electron chi connectivity index (χ4n) is 2.10. The maximum absolute atomic E-state index is 11.9. The molecule has 150 valence electrons. The molecule has 0 saturated carbocycles. The van der Waals surface area contributed by atoms with Crippen molar-refractivity contribution in [3.63, 3.8) is 0 Å². The van der Waals surface area contributed by atoms with Crippen molar-refractivity contribution in [2.45, 2.75) is 21.4 Å². The van der Waals surface area contributed by atoms with Crippen LogP contribution in [0.1, 0.15) is 16.7 Å². The van der Waals surface area contributed by atoms with Gasteiger partial charge in [0.25, 0.3) is 5.91 Å². The lowest BCUT2D eigenvalue weighted by atomic mass is 10.2. The molecule has 2 aromatic carbocycles. The molecular weight excluding hydrogens is 467 g/mol. The SMILES string of the molecule is Cc1ccc(CSc2nnc(SCC(=O)NN=Cc3cccc(Cl)c3Cl)s2)cc1. The summed E-state index contributed by atoms with van der Waals surface area (Å²) in [5.41, 5.74) is 5.58. The summed E-state index contributed by atoms with van der Waals surface area (Å²) in [6, 6.07) is 13.6. The highest BCUT2D eigenvalue weighted by Crippen LogP contribution is 2.30. The summed E-state index contributed by atoms with van der Waals surface area (Å²) < 4.78 is 1.62. The van der Waals surface area contributed by atoms with Gasteiger partial charge >= 0.3 is 0 Å². The molecule has 0 unspecified atom stereocenters. The molecule has 0 saturated heterocycles. The summed E-state index contributed by atoms with van der Waals surface area (Å²) in [7, 11) is 0. The Hall–Kier alpha value is -1.58. The number of halogens is 2. The number of amides is 1. The minimum atomic E-state index is -0.242.